The molecular formula is C30H33N7O. The molecular weight excluding hydrogens is 474 g/mol. The van der Waals surface area contributed by atoms with Crippen molar-refractivity contribution >= 4 is 39.1 Å². The maximum Gasteiger partial charge on any atom is 0.227 e. The third kappa shape index (κ3) is 4.51. The van der Waals surface area contributed by atoms with E-state index in [1.54, 1.807) is 6.08 Å². The Balaban J connectivity index is 1.34. The lowest BCUT2D eigenvalue weighted by molar-refractivity contribution is -0.126. The molecule has 0 bridgehead atoms. The van der Waals surface area contributed by atoms with E-state index in [0.717, 1.165) is 76.9 Å². The molecule has 1 aliphatic carbocycles. The number of piperidine rings is 1. The zero-order valence-corrected chi connectivity index (χ0v) is 21.8. The Labute approximate surface area is 221 Å². The number of hydrogen-bond donors (Lipinski definition) is 3. The summed E-state index contributed by atoms with van der Waals surface area (Å²) in [6, 6.07) is 6.12. The Kier molecular flexibility index (Phi) is 6.54. The first-order valence-electron chi connectivity index (χ1n) is 13.5. The van der Waals surface area contributed by atoms with Gasteiger partial charge in [-0.25, -0.2) is 4.98 Å². The zero-order chi connectivity index (χ0) is 26.1. The predicted molar refractivity (Wildman–Crippen MR) is 152 cm³/mol. The van der Waals surface area contributed by atoms with Gasteiger partial charge in [0.25, 0.3) is 0 Å². The monoisotopic (exact) mass is 507 g/mol. The van der Waals surface area contributed by atoms with Gasteiger partial charge in [0.15, 0.2) is 0 Å². The molecule has 1 aliphatic heterocycles. The van der Waals surface area contributed by atoms with Crippen LogP contribution in [-0.4, -0.2) is 44.1 Å². The zero-order valence-electron chi connectivity index (χ0n) is 21.8. The van der Waals surface area contributed by atoms with E-state index in [9.17, 15) is 4.79 Å². The highest BCUT2D eigenvalue weighted by Crippen LogP contribution is 2.34. The molecule has 1 amide bonds. The fourth-order valence-electron chi connectivity index (χ4n) is 5.33. The number of rotatable bonds is 7. The van der Waals surface area contributed by atoms with Crippen LogP contribution in [0, 0.1) is 5.92 Å². The van der Waals surface area contributed by atoms with Gasteiger partial charge in [-0.1, -0.05) is 19.1 Å². The number of pyridine rings is 2. The lowest BCUT2D eigenvalue weighted by Gasteiger charge is -2.28. The summed E-state index contributed by atoms with van der Waals surface area (Å²) >= 11 is 0. The Morgan fingerprint density at radius 1 is 1.13 bits per heavy atom. The Bertz CT molecular complexity index is 1560. The number of H-pyrrole nitrogens is 2. The lowest BCUT2D eigenvalue weighted by Crippen LogP contribution is -2.33. The smallest absolute Gasteiger partial charge is 0.227 e. The number of aromatic amines is 2. The molecule has 4 aromatic rings. The van der Waals surface area contributed by atoms with Gasteiger partial charge in [0.05, 0.1) is 40.5 Å². The highest BCUT2D eigenvalue weighted by atomic mass is 16.1. The van der Waals surface area contributed by atoms with Crippen molar-refractivity contribution in [2.75, 3.05) is 18.0 Å². The largest absolute Gasteiger partial charge is 0.370 e. The molecule has 0 atom stereocenters. The van der Waals surface area contributed by atoms with Crippen molar-refractivity contribution < 1.29 is 4.79 Å². The van der Waals surface area contributed by atoms with Crippen LogP contribution in [0.15, 0.2) is 61.1 Å². The fraction of sp³-hybridized carbons (Fsp3) is 0.333. The van der Waals surface area contributed by atoms with Crippen molar-refractivity contribution in [3.63, 3.8) is 0 Å². The van der Waals surface area contributed by atoms with Gasteiger partial charge in [0.1, 0.15) is 11.2 Å². The van der Waals surface area contributed by atoms with Crippen LogP contribution in [0.1, 0.15) is 51.1 Å². The first-order chi connectivity index (χ1) is 18.6. The Hall–Kier alpha value is -4.20. The molecule has 2 aliphatic rings. The van der Waals surface area contributed by atoms with Crippen LogP contribution in [0.3, 0.4) is 0 Å². The number of allylic oxidation sites excluding steroid dienone is 4. The molecule has 5 heterocycles. The molecule has 8 heteroatoms. The highest BCUT2D eigenvalue weighted by Gasteiger charge is 2.25. The summed E-state index contributed by atoms with van der Waals surface area (Å²) in [6.45, 7) is 7.99. The Morgan fingerprint density at radius 3 is 2.71 bits per heavy atom. The maximum absolute atomic E-state index is 12.5. The normalized spacial score (nSPS) is 17.1. The molecule has 6 rings (SSSR count). The second-order valence-corrected chi connectivity index (χ2v) is 10.2. The molecule has 1 saturated heterocycles. The molecule has 194 valence electrons. The third-order valence-corrected chi connectivity index (χ3v) is 7.77. The van der Waals surface area contributed by atoms with Crippen molar-refractivity contribution in [3.8, 4) is 11.4 Å². The van der Waals surface area contributed by atoms with E-state index in [1.807, 2.05) is 43.6 Å². The van der Waals surface area contributed by atoms with E-state index in [0.29, 0.717) is 5.70 Å². The number of carbonyl (C=O) groups excluding carboxylic acids is 1. The molecule has 3 N–H and O–H groups in total. The number of hydrogen-bond acceptors (Lipinski definition) is 5. The van der Waals surface area contributed by atoms with Crippen molar-refractivity contribution in [2.24, 2.45) is 5.92 Å². The van der Waals surface area contributed by atoms with Crippen molar-refractivity contribution in [3.05, 3.63) is 66.8 Å². The summed E-state index contributed by atoms with van der Waals surface area (Å²) < 4.78 is 0. The van der Waals surface area contributed by atoms with Gasteiger partial charge in [-0.05, 0) is 75.0 Å². The minimum Gasteiger partial charge on any atom is -0.370 e. The van der Waals surface area contributed by atoms with E-state index in [1.165, 1.54) is 24.9 Å². The van der Waals surface area contributed by atoms with Crippen LogP contribution in [-0.2, 0) is 4.79 Å². The van der Waals surface area contributed by atoms with E-state index >= 15 is 0 Å². The van der Waals surface area contributed by atoms with Crippen molar-refractivity contribution in [1.29, 1.82) is 0 Å². The highest BCUT2D eigenvalue weighted by molar-refractivity contribution is 5.98. The summed E-state index contributed by atoms with van der Waals surface area (Å²) in [5.74, 6) is 0.174. The summed E-state index contributed by atoms with van der Waals surface area (Å²) in [5.41, 5.74) is 7.85. The van der Waals surface area contributed by atoms with Crippen LogP contribution in [0.2, 0.25) is 0 Å². The van der Waals surface area contributed by atoms with Gasteiger partial charge < -0.3 is 15.2 Å². The van der Waals surface area contributed by atoms with E-state index in [2.05, 4.69) is 43.0 Å². The summed E-state index contributed by atoms with van der Waals surface area (Å²) in [6.07, 6.45) is 16.2. The Morgan fingerprint density at radius 2 is 1.97 bits per heavy atom. The minimum atomic E-state index is 0.0654. The van der Waals surface area contributed by atoms with Gasteiger partial charge in [0.2, 0.25) is 5.91 Å². The maximum atomic E-state index is 12.5. The van der Waals surface area contributed by atoms with E-state index in [-0.39, 0.29) is 11.8 Å². The second-order valence-electron chi connectivity index (χ2n) is 10.2. The topological polar surface area (TPSA) is 103 Å². The number of carbonyl (C=O) groups is 1. The van der Waals surface area contributed by atoms with Gasteiger partial charge in [0, 0.05) is 30.1 Å². The SMILES string of the molecule is C=C/C(=C\C(=C/C)c1ccc2[nH]nc(-c3cc4c(N5CCCCC5)cncc4[nH]3)c2n1)NC(=O)C1CCC1. The number of anilines is 1. The van der Waals surface area contributed by atoms with Crippen LogP contribution < -0.4 is 10.2 Å². The molecule has 8 nitrogen and oxygen atoms in total. The van der Waals surface area contributed by atoms with Gasteiger partial charge in [-0.15, -0.1) is 0 Å². The molecule has 2 fully saturated rings. The minimum absolute atomic E-state index is 0.0654. The second kappa shape index (κ2) is 10.3. The standard InChI is InChI=1S/C30H33N7O/c1-3-19(15-21(4-2)32-30(38)20-9-8-10-20)23-11-12-24-28(34-23)29(36-35-24)25-16-22-26(33-25)17-31-18-27(22)37-13-6-5-7-14-37/h3-4,11-12,15-18,20,33H,2,5-10,13-14H2,1H3,(H,32,38)(H,35,36)/b19-3+,21-15+. The number of nitrogens with zero attached hydrogens (tertiary/aromatic N) is 4. The molecule has 1 saturated carbocycles. The first-order valence-corrected chi connectivity index (χ1v) is 13.5. The van der Waals surface area contributed by atoms with Crippen LogP contribution in [0.5, 0.6) is 0 Å². The molecule has 4 aromatic heterocycles. The summed E-state index contributed by atoms with van der Waals surface area (Å²) in [5, 5.41) is 11.9. The molecule has 38 heavy (non-hydrogen) atoms. The number of nitrogens with one attached hydrogen (secondary N) is 3. The van der Waals surface area contributed by atoms with E-state index in [4.69, 9.17) is 4.98 Å². The van der Waals surface area contributed by atoms with Crippen LogP contribution in [0.4, 0.5) is 5.69 Å². The predicted octanol–water partition coefficient (Wildman–Crippen LogP) is 5.88. The summed E-state index contributed by atoms with van der Waals surface area (Å²) in [4.78, 5) is 27.9. The average Bonchev–Trinajstić information content (AvgIpc) is 3.54. The number of amides is 1. The molecule has 0 aromatic carbocycles. The van der Waals surface area contributed by atoms with Gasteiger partial charge in [-0.3, -0.25) is 14.9 Å². The van der Waals surface area contributed by atoms with Crippen molar-refractivity contribution in [1.82, 2.24) is 30.5 Å². The fourth-order valence-corrected chi connectivity index (χ4v) is 5.33. The quantitative estimate of drug-likeness (QED) is 0.271. The van der Waals surface area contributed by atoms with Gasteiger partial charge in [-0.2, -0.15) is 5.10 Å². The molecule has 0 unspecified atom stereocenters. The van der Waals surface area contributed by atoms with E-state index < -0.39 is 0 Å². The number of fused-ring (bicyclic) bond motifs is 2. The van der Waals surface area contributed by atoms with Gasteiger partial charge >= 0.3 is 0 Å². The number of aromatic nitrogens is 5. The lowest BCUT2D eigenvalue weighted by atomic mass is 9.85. The van der Waals surface area contributed by atoms with Crippen molar-refractivity contribution in [2.45, 2.75) is 45.4 Å². The average molecular weight is 508 g/mol. The summed E-state index contributed by atoms with van der Waals surface area (Å²) in [7, 11) is 0. The first kappa shape index (κ1) is 24.2. The van der Waals surface area contributed by atoms with Crippen LogP contribution in [0.25, 0.3) is 38.9 Å². The molecule has 0 radical (unpaired) electrons. The molecule has 0 spiro atoms. The van der Waals surface area contributed by atoms with Crippen LogP contribution >= 0.6 is 0 Å². The third-order valence-electron chi connectivity index (χ3n) is 7.77.